The molecule has 2 aliphatic rings. The number of anilines is 1. The lowest BCUT2D eigenvalue weighted by molar-refractivity contribution is -0.139. The van der Waals surface area contributed by atoms with Gasteiger partial charge in [0.15, 0.2) is 0 Å². The van der Waals surface area contributed by atoms with Gasteiger partial charge in [0, 0.05) is 12.2 Å². The van der Waals surface area contributed by atoms with Gasteiger partial charge >= 0.3 is 5.97 Å². The van der Waals surface area contributed by atoms with Crippen molar-refractivity contribution in [2.45, 2.75) is 32.1 Å². The van der Waals surface area contributed by atoms with E-state index in [1.165, 1.54) is 13.5 Å². The Hall–Kier alpha value is -1.59. The molecule has 1 amide bonds. The number of hydrogen-bond donors (Lipinski definition) is 2. The monoisotopic (exact) mass is 352 g/mol. The van der Waals surface area contributed by atoms with Gasteiger partial charge in [-0.25, -0.2) is 0 Å². The lowest BCUT2D eigenvalue weighted by Crippen LogP contribution is -2.44. The third-order valence-corrected chi connectivity index (χ3v) is 5.28. The first-order valence-corrected chi connectivity index (χ1v) is 8.32. The summed E-state index contributed by atoms with van der Waals surface area (Å²) in [7, 11) is 1.38. The SMILES string of the molecule is COC(=O)Cc1ccc(NC(=O)[C@@]23CCCC[C@H]2CNC3)cc1.Cl. The Labute approximate surface area is 148 Å². The number of methoxy groups -OCH3 is 1. The Morgan fingerprint density at radius 1 is 1.29 bits per heavy atom. The summed E-state index contributed by atoms with van der Waals surface area (Å²) in [4.78, 5) is 24.1. The van der Waals surface area contributed by atoms with Gasteiger partial charge in [0.2, 0.25) is 5.91 Å². The molecule has 1 aliphatic heterocycles. The normalized spacial score (nSPS) is 25.3. The molecule has 132 valence electrons. The molecule has 1 aromatic carbocycles. The molecule has 6 heteroatoms. The molecule has 1 saturated carbocycles. The summed E-state index contributed by atoms with van der Waals surface area (Å²) >= 11 is 0. The maximum absolute atomic E-state index is 12.9. The van der Waals surface area contributed by atoms with Crippen LogP contribution in [0.4, 0.5) is 5.69 Å². The molecule has 0 radical (unpaired) electrons. The average Bonchev–Trinajstić information content (AvgIpc) is 3.01. The van der Waals surface area contributed by atoms with Crippen molar-refractivity contribution in [2.24, 2.45) is 11.3 Å². The minimum atomic E-state index is -0.261. The molecule has 0 aromatic heterocycles. The van der Waals surface area contributed by atoms with E-state index in [0.717, 1.165) is 43.6 Å². The van der Waals surface area contributed by atoms with E-state index in [1.807, 2.05) is 24.3 Å². The largest absolute Gasteiger partial charge is 0.469 e. The van der Waals surface area contributed by atoms with E-state index in [4.69, 9.17) is 0 Å². The van der Waals surface area contributed by atoms with Crippen LogP contribution < -0.4 is 10.6 Å². The first-order valence-electron chi connectivity index (χ1n) is 8.32. The Bertz CT molecular complexity index is 590. The Kier molecular flexibility index (Phi) is 6.24. The number of carbonyl (C=O) groups is 2. The van der Waals surface area contributed by atoms with Gasteiger partial charge < -0.3 is 15.4 Å². The van der Waals surface area contributed by atoms with Crippen LogP contribution >= 0.6 is 12.4 Å². The zero-order valence-corrected chi connectivity index (χ0v) is 14.8. The highest BCUT2D eigenvalue weighted by molar-refractivity contribution is 5.96. The second-order valence-electron chi connectivity index (χ2n) is 6.63. The molecule has 0 spiro atoms. The highest BCUT2D eigenvalue weighted by Crippen LogP contribution is 2.44. The minimum absolute atomic E-state index is 0. The topological polar surface area (TPSA) is 67.4 Å². The van der Waals surface area contributed by atoms with E-state index >= 15 is 0 Å². The number of halogens is 1. The number of hydrogen-bond acceptors (Lipinski definition) is 4. The molecule has 0 bridgehead atoms. The van der Waals surface area contributed by atoms with Gasteiger partial charge in [-0.05, 0) is 43.0 Å². The Morgan fingerprint density at radius 2 is 2.04 bits per heavy atom. The molecule has 1 heterocycles. The van der Waals surface area contributed by atoms with Crippen molar-refractivity contribution in [1.82, 2.24) is 5.32 Å². The Morgan fingerprint density at radius 3 is 2.75 bits per heavy atom. The summed E-state index contributed by atoms with van der Waals surface area (Å²) in [6.07, 6.45) is 4.71. The van der Waals surface area contributed by atoms with Crippen LogP contribution in [0.3, 0.4) is 0 Å². The number of amides is 1. The van der Waals surface area contributed by atoms with Crippen LogP contribution in [-0.4, -0.2) is 32.1 Å². The summed E-state index contributed by atoms with van der Waals surface area (Å²) in [5, 5.41) is 6.47. The quantitative estimate of drug-likeness (QED) is 0.817. The predicted molar refractivity (Wildman–Crippen MR) is 95.3 cm³/mol. The number of fused-ring (bicyclic) bond motifs is 1. The molecule has 2 N–H and O–H groups in total. The van der Waals surface area contributed by atoms with Crippen LogP contribution in [-0.2, 0) is 20.7 Å². The molecule has 0 unspecified atom stereocenters. The third-order valence-electron chi connectivity index (χ3n) is 5.28. The first kappa shape index (κ1) is 18.7. The molecule has 24 heavy (non-hydrogen) atoms. The second kappa shape index (κ2) is 7.99. The fourth-order valence-electron chi connectivity index (χ4n) is 3.89. The first-order chi connectivity index (χ1) is 11.1. The summed E-state index contributed by atoms with van der Waals surface area (Å²) in [5.74, 6) is 0.325. The van der Waals surface area contributed by atoms with E-state index in [-0.39, 0.29) is 36.1 Å². The fraction of sp³-hybridized carbons (Fsp3) is 0.556. The molecular formula is C18H25ClN2O3. The number of esters is 1. The smallest absolute Gasteiger partial charge is 0.309 e. The molecular weight excluding hydrogens is 328 g/mol. The van der Waals surface area contributed by atoms with Gasteiger partial charge in [-0.3, -0.25) is 9.59 Å². The number of carbonyl (C=O) groups excluding carboxylic acids is 2. The van der Waals surface area contributed by atoms with Crippen LogP contribution in [0.25, 0.3) is 0 Å². The molecule has 5 nitrogen and oxygen atoms in total. The van der Waals surface area contributed by atoms with Gasteiger partial charge in [-0.15, -0.1) is 12.4 Å². The standard InChI is InChI=1S/C18H24N2O3.ClH/c1-23-16(21)10-13-5-7-15(8-6-13)20-17(22)18-9-3-2-4-14(18)11-19-12-18;/h5-8,14,19H,2-4,9-12H2,1H3,(H,20,22);1H/t14-,18+;/m0./s1. The maximum Gasteiger partial charge on any atom is 0.309 e. The number of ether oxygens (including phenoxy) is 1. The molecule has 2 fully saturated rings. The van der Waals surface area contributed by atoms with Crippen molar-refractivity contribution in [1.29, 1.82) is 0 Å². The highest BCUT2D eigenvalue weighted by Gasteiger charge is 2.49. The Balaban J connectivity index is 0.00000208. The van der Waals surface area contributed by atoms with E-state index in [9.17, 15) is 9.59 Å². The zero-order valence-electron chi connectivity index (χ0n) is 14.0. The number of benzene rings is 1. The van der Waals surface area contributed by atoms with Crippen molar-refractivity contribution in [3.8, 4) is 0 Å². The zero-order chi connectivity index (χ0) is 16.3. The molecule has 1 saturated heterocycles. The summed E-state index contributed by atoms with van der Waals surface area (Å²) < 4.78 is 4.66. The third kappa shape index (κ3) is 3.73. The van der Waals surface area contributed by atoms with Crippen molar-refractivity contribution in [3.05, 3.63) is 29.8 Å². The number of nitrogens with one attached hydrogen (secondary N) is 2. The van der Waals surface area contributed by atoms with Gasteiger partial charge in [0.05, 0.1) is 18.9 Å². The predicted octanol–water partition coefficient (Wildman–Crippen LogP) is 2.54. The average molecular weight is 353 g/mol. The van der Waals surface area contributed by atoms with Crippen molar-refractivity contribution in [2.75, 3.05) is 25.5 Å². The highest BCUT2D eigenvalue weighted by atomic mass is 35.5. The van der Waals surface area contributed by atoms with Gasteiger partial charge in [-0.2, -0.15) is 0 Å². The van der Waals surface area contributed by atoms with Crippen LogP contribution in [0.1, 0.15) is 31.2 Å². The van der Waals surface area contributed by atoms with E-state index in [0.29, 0.717) is 5.92 Å². The molecule has 2 atom stereocenters. The summed E-state index contributed by atoms with van der Waals surface area (Å²) in [6, 6.07) is 7.42. The van der Waals surface area contributed by atoms with Crippen molar-refractivity contribution >= 4 is 30.0 Å². The van der Waals surface area contributed by atoms with Crippen molar-refractivity contribution < 1.29 is 14.3 Å². The van der Waals surface area contributed by atoms with Crippen LogP contribution in [0, 0.1) is 11.3 Å². The van der Waals surface area contributed by atoms with Gasteiger partial charge in [-0.1, -0.05) is 25.0 Å². The molecule has 3 rings (SSSR count). The second-order valence-corrected chi connectivity index (χ2v) is 6.63. The summed E-state index contributed by atoms with van der Waals surface area (Å²) in [5.41, 5.74) is 1.42. The van der Waals surface area contributed by atoms with Crippen LogP contribution in [0.2, 0.25) is 0 Å². The van der Waals surface area contributed by atoms with E-state index < -0.39 is 0 Å². The summed E-state index contributed by atoms with van der Waals surface area (Å²) in [6.45, 7) is 1.73. The maximum atomic E-state index is 12.9. The van der Waals surface area contributed by atoms with Crippen molar-refractivity contribution in [3.63, 3.8) is 0 Å². The fourth-order valence-corrected chi connectivity index (χ4v) is 3.89. The van der Waals surface area contributed by atoms with Crippen LogP contribution in [0.5, 0.6) is 0 Å². The van der Waals surface area contributed by atoms with E-state index in [1.54, 1.807) is 0 Å². The van der Waals surface area contributed by atoms with E-state index in [2.05, 4.69) is 15.4 Å². The molecule has 1 aliphatic carbocycles. The lowest BCUT2D eigenvalue weighted by atomic mass is 9.67. The molecule has 1 aromatic rings. The van der Waals surface area contributed by atoms with Gasteiger partial charge in [0.25, 0.3) is 0 Å². The van der Waals surface area contributed by atoms with Crippen LogP contribution in [0.15, 0.2) is 24.3 Å². The minimum Gasteiger partial charge on any atom is -0.469 e. The number of rotatable bonds is 4. The van der Waals surface area contributed by atoms with Gasteiger partial charge in [0.1, 0.15) is 0 Å². The lowest BCUT2D eigenvalue weighted by Gasteiger charge is -2.37.